The van der Waals surface area contributed by atoms with Crippen LogP contribution in [0.15, 0.2) is 12.1 Å². The number of benzene rings is 1. The molecule has 0 saturated heterocycles. The Labute approximate surface area is 125 Å². The molecule has 0 heterocycles. The van der Waals surface area contributed by atoms with Crippen LogP contribution in [0.4, 0.5) is 17.6 Å². The molecule has 0 aliphatic heterocycles. The summed E-state index contributed by atoms with van der Waals surface area (Å²) in [7, 11) is 0. The summed E-state index contributed by atoms with van der Waals surface area (Å²) < 4.78 is 55.8. The molecule has 1 amide bonds. The summed E-state index contributed by atoms with van der Waals surface area (Å²) in [5.74, 6) is -4.79. The predicted octanol–water partition coefficient (Wildman–Crippen LogP) is 2.70. The molecule has 1 aromatic rings. The van der Waals surface area contributed by atoms with Crippen molar-refractivity contribution >= 4 is 5.91 Å². The van der Waals surface area contributed by atoms with E-state index in [2.05, 4.69) is 10.1 Å². The van der Waals surface area contributed by atoms with Crippen molar-refractivity contribution in [1.82, 2.24) is 5.32 Å². The first-order chi connectivity index (χ1) is 10.3. The fourth-order valence-electron chi connectivity index (χ4n) is 1.88. The summed E-state index contributed by atoms with van der Waals surface area (Å²) >= 11 is 0. The number of rotatable bonds is 7. The van der Waals surface area contributed by atoms with E-state index in [4.69, 9.17) is 5.11 Å². The van der Waals surface area contributed by atoms with Gasteiger partial charge in [-0.15, -0.1) is 0 Å². The zero-order valence-corrected chi connectivity index (χ0v) is 12.1. The van der Waals surface area contributed by atoms with Gasteiger partial charge in [0.15, 0.2) is 11.6 Å². The lowest BCUT2D eigenvalue weighted by Gasteiger charge is -2.22. The van der Waals surface area contributed by atoms with Gasteiger partial charge in [-0.1, -0.05) is 13.8 Å². The third-order valence-corrected chi connectivity index (χ3v) is 3.06. The van der Waals surface area contributed by atoms with Gasteiger partial charge in [0.1, 0.15) is 11.4 Å². The van der Waals surface area contributed by atoms with Crippen molar-refractivity contribution in [2.24, 2.45) is 5.92 Å². The number of alkyl halides is 2. The lowest BCUT2D eigenvalue weighted by molar-refractivity contribution is -0.0523. The normalized spacial score (nSPS) is 12.6. The lowest BCUT2D eigenvalue weighted by Crippen LogP contribution is -2.40. The summed E-state index contributed by atoms with van der Waals surface area (Å²) in [4.78, 5) is 12.0. The highest BCUT2D eigenvalue weighted by atomic mass is 19.3. The van der Waals surface area contributed by atoms with Crippen molar-refractivity contribution in [3.05, 3.63) is 29.3 Å². The Kier molecular flexibility index (Phi) is 6.61. The van der Waals surface area contributed by atoms with Crippen molar-refractivity contribution in [2.45, 2.75) is 32.9 Å². The number of carbonyl (C=O) groups excluding carboxylic acids is 1. The number of hydrogen-bond acceptors (Lipinski definition) is 3. The second kappa shape index (κ2) is 7.98. The molecule has 2 N–H and O–H groups in total. The number of carbonyl (C=O) groups is 1. The maximum atomic E-state index is 14.0. The average Bonchev–Trinajstić information content (AvgIpc) is 2.41. The maximum Gasteiger partial charge on any atom is 0.387 e. The van der Waals surface area contributed by atoms with Crippen LogP contribution < -0.4 is 10.1 Å². The van der Waals surface area contributed by atoms with Gasteiger partial charge in [-0.3, -0.25) is 4.79 Å². The van der Waals surface area contributed by atoms with Gasteiger partial charge in [-0.05, 0) is 24.5 Å². The van der Waals surface area contributed by atoms with Gasteiger partial charge in [0.05, 0.1) is 0 Å². The van der Waals surface area contributed by atoms with Crippen molar-refractivity contribution in [3.8, 4) is 5.75 Å². The number of halogens is 4. The SMILES string of the molecule is CC(C)C(CCO)NC(=O)c1c(F)ccc(OC(F)F)c1F. The Morgan fingerprint density at radius 1 is 1.32 bits per heavy atom. The molecule has 8 heteroatoms. The number of ether oxygens (including phenoxy) is 1. The molecular weight excluding hydrogens is 306 g/mol. The van der Waals surface area contributed by atoms with Gasteiger partial charge in [0, 0.05) is 12.6 Å². The molecule has 0 fully saturated rings. The molecule has 1 unspecified atom stereocenters. The van der Waals surface area contributed by atoms with Crippen LogP contribution in [-0.4, -0.2) is 30.3 Å². The number of nitrogens with one attached hydrogen (secondary N) is 1. The monoisotopic (exact) mass is 323 g/mol. The largest absolute Gasteiger partial charge is 0.432 e. The summed E-state index contributed by atoms with van der Waals surface area (Å²) in [6.07, 6.45) is 0.194. The predicted molar refractivity (Wildman–Crippen MR) is 70.8 cm³/mol. The van der Waals surface area contributed by atoms with Crippen LogP contribution >= 0.6 is 0 Å². The average molecular weight is 323 g/mol. The minimum Gasteiger partial charge on any atom is -0.432 e. The summed E-state index contributed by atoms with van der Waals surface area (Å²) in [6, 6.07) is 0.837. The molecule has 0 bridgehead atoms. The topological polar surface area (TPSA) is 58.6 Å². The van der Waals surface area contributed by atoms with E-state index < -0.39 is 41.5 Å². The second-order valence-electron chi connectivity index (χ2n) is 4.95. The van der Waals surface area contributed by atoms with Gasteiger partial charge in [-0.25, -0.2) is 8.78 Å². The van der Waals surface area contributed by atoms with Crippen LogP contribution in [0, 0.1) is 17.6 Å². The molecule has 0 aromatic heterocycles. The highest BCUT2D eigenvalue weighted by Gasteiger charge is 2.25. The highest BCUT2D eigenvalue weighted by Crippen LogP contribution is 2.25. The fourth-order valence-corrected chi connectivity index (χ4v) is 1.88. The van der Waals surface area contributed by atoms with Crippen molar-refractivity contribution in [3.63, 3.8) is 0 Å². The fraction of sp³-hybridized carbons (Fsp3) is 0.500. The zero-order chi connectivity index (χ0) is 16.9. The first-order valence-corrected chi connectivity index (χ1v) is 6.62. The first-order valence-electron chi connectivity index (χ1n) is 6.62. The number of hydrogen-bond donors (Lipinski definition) is 2. The molecule has 1 rings (SSSR count). The zero-order valence-electron chi connectivity index (χ0n) is 12.1. The van der Waals surface area contributed by atoms with Gasteiger partial charge in [0.2, 0.25) is 0 Å². The van der Waals surface area contributed by atoms with E-state index in [1.807, 2.05) is 0 Å². The van der Waals surface area contributed by atoms with E-state index in [9.17, 15) is 22.4 Å². The van der Waals surface area contributed by atoms with Gasteiger partial charge < -0.3 is 15.2 Å². The van der Waals surface area contributed by atoms with Crippen LogP contribution in [0.1, 0.15) is 30.6 Å². The van der Waals surface area contributed by atoms with E-state index in [0.717, 1.165) is 0 Å². The van der Waals surface area contributed by atoms with E-state index in [0.29, 0.717) is 12.1 Å². The van der Waals surface area contributed by atoms with Crippen molar-refractivity contribution < 1.29 is 32.2 Å². The van der Waals surface area contributed by atoms with Crippen LogP contribution in [0.5, 0.6) is 5.75 Å². The Morgan fingerprint density at radius 3 is 2.45 bits per heavy atom. The summed E-state index contributed by atoms with van der Waals surface area (Å²) in [6.45, 7) is -0.00990. The lowest BCUT2D eigenvalue weighted by atomic mass is 10.0. The molecule has 4 nitrogen and oxygen atoms in total. The Balaban J connectivity index is 3.06. The Morgan fingerprint density at radius 2 is 1.95 bits per heavy atom. The molecule has 0 aliphatic rings. The van der Waals surface area contributed by atoms with Crippen LogP contribution in [-0.2, 0) is 0 Å². The molecule has 0 saturated carbocycles. The molecular formula is C14H17F4NO3. The van der Waals surface area contributed by atoms with E-state index in [-0.39, 0.29) is 18.9 Å². The first kappa shape index (κ1) is 18.2. The molecule has 0 spiro atoms. The van der Waals surface area contributed by atoms with Crippen molar-refractivity contribution in [1.29, 1.82) is 0 Å². The quantitative estimate of drug-likeness (QED) is 0.759. The van der Waals surface area contributed by atoms with E-state index >= 15 is 0 Å². The van der Waals surface area contributed by atoms with Gasteiger partial charge >= 0.3 is 6.61 Å². The van der Waals surface area contributed by atoms with Crippen LogP contribution in [0.3, 0.4) is 0 Å². The Hall–Kier alpha value is -1.83. The van der Waals surface area contributed by atoms with Gasteiger partial charge in [0.25, 0.3) is 5.91 Å². The third kappa shape index (κ3) is 4.59. The number of aliphatic hydroxyl groups excluding tert-OH is 1. The van der Waals surface area contributed by atoms with Crippen LogP contribution in [0.25, 0.3) is 0 Å². The maximum absolute atomic E-state index is 14.0. The second-order valence-corrected chi connectivity index (χ2v) is 4.95. The van der Waals surface area contributed by atoms with Crippen LogP contribution in [0.2, 0.25) is 0 Å². The number of amides is 1. The molecule has 124 valence electrons. The molecule has 22 heavy (non-hydrogen) atoms. The summed E-state index contributed by atoms with van der Waals surface area (Å²) in [5, 5.41) is 11.3. The third-order valence-electron chi connectivity index (χ3n) is 3.06. The minimum atomic E-state index is -3.30. The molecule has 0 aliphatic carbocycles. The number of aliphatic hydroxyl groups is 1. The highest BCUT2D eigenvalue weighted by molar-refractivity contribution is 5.95. The van der Waals surface area contributed by atoms with Gasteiger partial charge in [-0.2, -0.15) is 8.78 Å². The van der Waals surface area contributed by atoms with E-state index in [1.165, 1.54) is 0 Å². The van der Waals surface area contributed by atoms with E-state index in [1.54, 1.807) is 13.8 Å². The molecule has 1 atom stereocenters. The summed E-state index contributed by atoms with van der Waals surface area (Å²) in [5.41, 5.74) is -0.998. The standard InChI is InChI=1S/C14H17F4NO3/c1-7(2)9(5-6-20)19-13(21)11-8(15)3-4-10(12(11)16)22-14(17)18/h3-4,7,9,14,20H,5-6H2,1-2H3,(H,19,21). The molecule has 0 radical (unpaired) electrons. The van der Waals surface area contributed by atoms with Crippen molar-refractivity contribution in [2.75, 3.05) is 6.61 Å². The smallest absolute Gasteiger partial charge is 0.387 e. The Bertz CT molecular complexity index is 523. The molecule has 1 aromatic carbocycles. The minimum absolute atomic E-state index is 0.0947.